The molecule has 0 saturated carbocycles. The van der Waals surface area contributed by atoms with E-state index < -0.39 is 6.03 Å². The summed E-state index contributed by atoms with van der Waals surface area (Å²) in [6, 6.07) is 4.34. The molecule has 0 radical (unpaired) electrons. The van der Waals surface area contributed by atoms with Crippen LogP contribution < -0.4 is 10.6 Å². The largest absolute Gasteiger partial charge is 0.506 e. The van der Waals surface area contributed by atoms with Gasteiger partial charge in [0, 0.05) is 11.7 Å². The highest BCUT2D eigenvalue weighted by molar-refractivity contribution is 6.32. The zero-order chi connectivity index (χ0) is 16.3. The summed E-state index contributed by atoms with van der Waals surface area (Å²) in [5.74, 6) is -0.0294. The molecule has 0 spiro atoms. The van der Waals surface area contributed by atoms with Crippen molar-refractivity contribution in [1.29, 1.82) is 0 Å². The summed E-state index contributed by atoms with van der Waals surface area (Å²) in [4.78, 5) is 12.0. The van der Waals surface area contributed by atoms with E-state index in [0.29, 0.717) is 11.4 Å². The molecule has 0 aliphatic heterocycles. The Morgan fingerprint density at radius 3 is 2.82 bits per heavy atom. The van der Waals surface area contributed by atoms with Crippen LogP contribution in [0.1, 0.15) is 32.0 Å². The second-order valence-corrected chi connectivity index (χ2v) is 5.50. The summed E-state index contributed by atoms with van der Waals surface area (Å²) in [7, 11) is 0. The first kappa shape index (κ1) is 16.2. The van der Waals surface area contributed by atoms with Crippen molar-refractivity contribution in [3.05, 3.63) is 35.1 Å². The molecule has 7 heteroatoms. The number of hydrogen-bond acceptors (Lipinski definition) is 3. The summed E-state index contributed by atoms with van der Waals surface area (Å²) in [5, 5.41) is 19.2. The minimum Gasteiger partial charge on any atom is -0.506 e. The third kappa shape index (κ3) is 3.51. The first-order valence-corrected chi connectivity index (χ1v) is 7.40. The monoisotopic (exact) mass is 322 g/mol. The van der Waals surface area contributed by atoms with Gasteiger partial charge in [-0.3, -0.25) is 4.68 Å². The van der Waals surface area contributed by atoms with E-state index in [4.69, 9.17) is 11.6 Å². The van der Waals surface area contributed by atoms with E-state index >= 15 is 0 Å². The van der Waals surface area contributed by atoms with Crippen molar-refractivity contribution < 1.29 is 9.90 Å². The molecule has 2 rings (SSSR count). The number of anilines is 2. The van der Waals surface area contributed by atoms with Crippen molar-refractivity contribution in [2.24, 2.45) is 0 Å². The molecule has 6 nitrogen and oxygen atoms in total. The molecule has 2 amide bonds. The van der Waals surface area contributed by atoms with Gasteiger partial charge in [-0.05, 0) is 38.5 Å². The van der Waals surface area contributed by atoms with Gasteiger partial charge in [0.05, 0.1) is 22.6 Å². The number of rotatable bonds is 4. The molecule has 0 aliphatic carbocycles. The van der Waals surface area contributed by atoms with Gasteiger partial charge >= 0.3 is 6.03 Å². The number of phenolic OH excluding ortho intramolecular Hbond substituents is 1. The molecule has 1 aromatic heterocycles. The number of amides is 2. The van der Waals surface area contributed by atoms with E-state index in [9.17, 15) is 9.90 Å². The molecule has 1 aromatic carbocycles. The molecular weight excluding hydrogens is 304 g/mol. The fraction of sp³-hybridized carbons (Fsp3) is 0.333. The number of nitrogens with one attached hydrogen (secondary N) is 2. The molecule has 1 heterocycles. The predicted molar refractivity (Wildman–Crippen MR) is 87.7 cm³/mol. The first-order valence-electron chi connectivity index (χ1n) is 7.03. The highest BCUT2D eigenvalue weighted by Crippen LogP contribution is 2.26. The smallest absolute Gasteiger partial charge is 0.323 e. The quantitative estimate of drug-likeness (QED) is 0.739. The topological polar surface area (TPSA) is 79.2 Å². The van der Waals surface area contributed by atoms with E-state index in [2.05, 4.69) is 29.6 Å². The van der Waals surface area contributed by atoms with E-state index in [1.165, 1.54) is 12.1 Å². The van der Waals surface area contributed by atoms with Crippen LogP contribution in [0.3, 0.4) is 0 Å². The molecule has 3 N–H and O–H groups in total. The fourth-order valence-corrected chi connectivity index (χ4v) is 2.21. The van der Waals surface area contributed by atoms with Crippen molar-refractivity contribution in [1.82, 2.24) is 9.78 Å². The number of aromatic nitrogens is 2. The maximum absolute atomic E-state index is 12.0. The number of benzene rings is 1. The average molecular weight is 323 g/mol. The van der Waals surface area contributed by atoms with Gasteiger partial charge in [-0.1, -0.05) is 18.5 Å². The number of halogens is 1. The van der Waals surface area contributed by atoms with Crippen LogP contribution in [-0.2, 0) is 0 Å². The SMILES string of the molecule is CC[C@@H](C)n1ncc(NC(=O)Nc2ccc(O)c(Cl)c2)c1C. The maximum atomic E-state index is 12.0. The number of nitrogens with zero attached hydrogens (tertiary/aromatic N) is 2. The Bertz CT molecular complexity index is 684. The van der Waals surface area contributed by atoms with E-state index in [-0.39, 0.29) is 16.8 Å². The van der Waals surface area contributed by atoms with Crippen LogP contribution in [0.25, 0.3) is 0 Å². The molecular formula is C15H19ClN4O2. The molecule has 1 atom stereocenters. The van der Waals surface area contributed by atoms with Crippen molar-refractivity contribution in [2.75, 3.05) is 10.6 Å². The lowest BCUT2D eigenvalue weighted by Gasteiger charge is -2.12. The summed E-state index contributed by atoms with van der Waals surface area (Å²) < 4.78 is 1.88. The highest BCUT2D eigenvalue weighted by Gasteiger charge is 2.13. The number of carbonyl (C=O) groups excluding carboxylic acids is 1. The van der Waals surface area contributed by atoms with Crippen LogP contribution in [0.4, 0.5) is 16.2 Å². The maximum Gasteiger partial charge on any atom is 0.323 e. The Morgan fingerprint density at radius 2 is 2.18 bits per heavy atom. The van der Waals surface area contributed by atoms with Crippen molar-refractivity contribution in [2.45, 2.75) is 33.2 Å². The van der Waals surface area contributed by atoms with Crippen LogP contribution in [0.15, 0.2) is 24.4 Å². The zero-order valence-electron chi connectivity index (χ0n) is 12.7. The van der Waals surface area contributed by atoms with Crippen LogP contribution in [0, 0.1) is 6.92 Å². The van der Waals surface area contributed by atoms with Gasteiger partial charge in [-0.15, -0.1) is 0 Å². The second kappa shape index (κ2) is 6.70. The summed E-state index contributed by atoms with van der Waals surface area (Å²) in [6.45, 7) is 6.06. The number of hydrogen-bond donors (Lipinski definition) is 3. The molecule has 2 aromatic rings. The van der Waals surface area contributed by atoms with Crippen LogP contribution in [0.2, 0.25) is 5.02 Å². The Kier molecular flexibility index (Phi) is 4.92. The molecule has 0 unspecified atom stereocenters. The Morgan fingerprint density at radius 1 is 1.45 bits per heavy atom. The normalized spacial score (nSPS) is 12.0. The lowest BCUT2D eigenvalue weighted by molar-refractivity contribution is 0.262. The summed E-state index contributed by atoms with van der Waals surface area (Å²) in [6.07, 6.45) is 2.59. The van der Waals surface area contributed by atoms with E-state index in [1.807, 2.05) is 11.6 Å². The van der Waals surface area contributed by atoms with Gasteiger partial charge < -0.3 is 15.7 Å². The van der Waals surface area contributed by atoms with Crippen molar-refractivity contribution in [3.8, 4) is 5.75 Å². The molecule has 0 saturated heterocycles. The summed E-state index contributed by atoms with van der Waals surface area (Å²) in [5.41, 5.74) is 2.04. The van der Waals surface area contributed by atoms with Crippen LogP contribution in [-0.4, -0.2) is 20.9 Å². The first-order chi connectivity index (χ1) is 10.4. The zero-order valence-corrected chi connectivity index (χ0v) is 13.5. The minimum absolute atomic E-state index is 0.0294. The van der Waals surface area contributed by atoms with Crippen LogP contribution >= 0.6 is 11.6 Å². The molecule has 0 fully saturated rings. The third-order valence-corrected chi connectivity index (χ3v) is 3.81. The van der Waals surface area contributed by atoms with E-state index in [1.54, 1.807) is 12.3 Å². The molecule has 0 bridgehead atoms. The summed E-state index contributed by atoms with van der Waals surface area (Å²) >= 11 is 5.80. The Hall–Kier alpha value is -2.21. The van der Waals surface area contributed by atoms with Gasteiger partial charge in [-0.25, -0.2) is 4.79 Å². The Labute approximate surface area is 134 Å². The number of phenols is 1. The van der Waals surface area contributed by atoms with Crippen molar-refractivity contribution in [3.63, 3.8) is 0 Å². The lowest BCUT2D eigenvalue weighted by atomic mass is 10.2. The van der Waals surface area contributed by atoms with Gasteiger partial charge in [0.25, 0.3) is 0 Å². The highest BCUT2D eigenvalue weighted by atomic mass is 35.5. The Balaban J connectivity index is 2.06. The predicted octanol–water partition coefficient (Wildman–Crippen LogP) is 4.17. The van der Waals surface area contributed by atoms with Gasteiger partial charge in [0.1, 0.15) is 5.75 Å². The van der Waals surface area contributed by atoms with E-state index in [0.717, 1.165) is 12.1 Å². The number of urea groups is 1. The van der Waals surface area contributed by atoms with Gasteiger partial charge in [-0.2, -0.15) is 5.10 Å². The van der Waals surface area contributed by atoms with Gasteiger partial charge in [0.15, 0.2) is 0 Å². The number of aromatic hydroxyl groups is 1. The second-order valence-electron chi connectivity index (χ2n) is 5.09. The molecule has 22 heavy (non-hydrogen) atoms. The molecule has 118 valence electrons. The third-order valence-electron chi connectivity index (χ3n) is 3.51. The lowest BCUT2D eigenvalue weighted by Crippen LogP contribution is -2.20. The van der Waals surface area contributed by atoms with Gasteiger partial charge in [0.2, 0.25) is 0 Å². The fourth-order valence-electron chi connectivity index (χ4n) is 2.03. The number of carbonyl (C=O) groups is 1. The standard InChI is InChI=1S/C15H19ClN4O2/c1-4-9(2)20-10(3)13(8-17-20)19-15(22)18-11-5-6-14(21)12(16)7-11/h5-9,21H,4H2,1-3H3,(H2,18,19,22)/t9-/m1/s1. The van der Waals surface area contributed by atoms with Crippen LogP contribution in [0.5, 0.6) is 5.75 Å². The minimum atomic E-state index is -0.395. The molecule has 0 aliphatic rings. The average Bonchev–Trinajstić information content (AvgIpc) is 2.83. The van der Waals surface area contributed by atoms with Crippen molar-refractivity contribution >= 4 is 29.0 Å².